The van der Waals surface area contributed by atoms with Crippen LogP contribution in [0.5, 0.6) is 0 Å². The van der Waals surface area contributed by atoms with Gasteiger partial charge in [0.1, 0.15) is 17.5 Å². The third kappa shape index (κ3) is 5.90. The monoisotopic (exact) mass is 530 g/mol. The smallest absolute Gasteiger partial charge is 0.435 e. The number of aromatic nitrogens is 2. The van der Waals surface area contributed by atoms with Gasteiger partial charge in [0.25, 0.3) is 0 Å². The van der Waals surface area contributed by atoms with E-state index in [0.29, 0.717) is 19.1 Å². The van der Waals surface area contributed by atoms with Crippen molar-refractivity contribution in [1.82, 2.24) is 9.97 Å². The molecule has 1 saturated heterocycles. The predicted molar refractivity (Wildman–Crippen MR) is 140 cm³/mol. The zero-order valence-electron chi connectivity index (χ0n) is 20.9. The van der Waals surface area contributed by atoms with Crippen molar-refractivity contribution in [2.45, 2.75) is 53.9 Å². The van der Waals surface area contributed by atoms with Gasteiger partial charge in [0.15, 0.2) is 0 Å². The Morgan fingerprint density at radius 3 is 2.38 bits per heavy atom. The highest BCUT2D eigenvalue weighted by Crippen LogP contribution is 2.38. The highest BCUT2D eigenvalue weighted by molar-refractivity contribution is 9.10. The van der Waals surface area contributed by atoms with Crippen molar-refractivity contribution < 1.29 is 14.3 Å². The first-order valence-corrected chi connectivity index (χ1v) is 12.7. The Bertz CT molecular complexity index is 1010. The summed E-state index contributed by atoms with van der Waals surface area (Å²) in [5.74, 6) is 2.91. The molecule has 0 N–H and O–H groups in total. The fourth-order valence-electron chi connectivity index (χ4n) is 4.57. The minimum Gasteiger partial charge on any atom is -0.435 e. The van der Waals surface area contributed by atoms with Crippen LogP contribution in [0.4, 0.5) is 22.1 Å². The van der Waals surface area contributed by atoms with E-state index in [-0.39, 0.29) is 0 Å². The molecule has 1 aliphatic heterocycles. The van der Waals surface area contributed by atoms with Crippen LogP contribution in [-0.4, -0.2) is 42.4 Å². The average Bonchev–Trinajstić information content (AvgIpc) is 2.80. The van der Waals surface area contributed by atoms with Crippen LogP contribution in [-0.2, 0) is 15.9 Å². The molecular weight excluding hydrogens is 496 g/mol. The lowest BCUT2D eigenvalue weighted by Gasteiger charge is -2.35. The summed E-state index contributed by atoms with van der Waals surface area (Å²) < 4.78 is 11.2. The van der Waals surface area contributed by atoms with E-state index in [1.807, 2.05) is 13.1 Å². The quantitative estimate of drug-likeness (QED) is 0.365. The molecule has 0 saturated carbocycles. The summed E-state index contributed by atoms with van der Waals surface area (Å²) in [6, 6.07) is 4.23. The largest absolute Gasteiger partial charge is 0.508 e. The maximum absolute atomic E-state index is 11.5. The maximum atomic E-state index is 11.5. The summed E-state index contributed by atoms with van der Waals surface area (Å²) in [6.07, 6.45) is 3.91. The first-order valence-electron chi connectivity index (χ1n) is 11.9. The molecule has 184 valence electrons. The van der Waals surface area contributed by atoms with E-state index in [9.17, 15) is 4.79 Å². The van der Waals surface area contributed by atoms with Crippen LogP contribution in [0.25, 0.3) is 0 Å². The van der Waals surface area contributed by atoms with Crippen molar-refractivity contribution in [2.24, 2.45) is 5.92 Å². The van der Waals surface area contributed by atoms with Gasteiger partial charge >= 0.3 is 6.16 Å². The van der Waals surface area contributed by atoms with E-state index in [1.54, 1.807) is 6.92 Å². The molecule has 0 spiro atoms. The van der Waals surface area contributed by atoms with Gasteiger partial charge in [0, 0.05) is 29.3 Å². The van der Waals surface area contributed by atoms with Crippen LogP contribution in [0.2, 0.25) is 0 Å². The topological polar surface area (TPSA) is 67.8 Å². The first-order chi connectivity index (χ1) is 16.3. The van der Waals surface area contributed by atoms with Gasteiger partial charge in [-0.1, -0.05) is 29.4 Å². The minimum absolute atomic E-state index is 0.325. The number of carbonyl (C=O) groups is 1. The summed E-state index contributed by atoms with van der Waals surface area (Å²) in [6.45, 7) is 16.6. The van der Waals surface area contributed by atoms with Gasteiger partial charge in [0.05, 0.1) is 18.9 Å². The predicted octanol–water partition coefficient (Wildman–Crippen LogP) is 6.40. The van der Waals surface area contributed by atoms with Gasteiger partial charge in [-0.3, -0.25) is 0 Å². The number of rotatable bonds is 8. The number of hydrogen-bond donors (Lipinski definition) is 0. The molecule has 0 unspecified atom stereocenters. The van der Waals surface area contributed by atoms with Crippen LogP contribution in [0, 0.1) is 26.7 Å². The lowest BCUT2D eigenvalue weighted by molar-refractivity contribution is 0.0447. The van der Waals surface area contributed by atoms with Crippen molar-refractivity contribution >= 4 is 39.4 Å². The van der Waals surface area contributed by atoms with Crippen LogP contribution in [0.1, 0.15) is 49.2 Å². The molecule has 0 atom stereocenters. The number of aryl methyl sites for hydroxylation is 3. The van der Waals surface area contributed by atoms with Crippen molar-refractivity contribution in [3.63, 3.8) is 0 Å². The Hall–Kier alpha value is -2.61. The molecule has 1 aromatic carbocycles. The molecule has 3 rings (SSSR count). The van der Waals surface area contributed by atoms with Gasteiger partial charge in [-0.25, -0.2) is 14.8 Å². The summed E-state index contributed by atoms with van der Waals surface area (Å²) in [7, 11) is 0. The summed E-state index contributed by atoms with van der Waals surface area (Å²) in [5, 5.41) is 0. The van der Waals surface area contributed by atoms with Gasteiger partial charge in [-0.2, -0.15) is 0 Å². The minimum atomic E-state index is -0.586. The third-order valence-corrected chi connectivity index (χ3v) is 6.61. The second-order valence-electron chi connectivity index (χ2n) is 8.62. The number of anilines is 3. The Morgan fingerprint density at radius 2 is 1.82 bits per heavy atom. The van der Waals surface area contributed by atoms with Crippen molar-refractivity contribution in [2.75, 3.05) is 36.1 Å². The van der Waals surface area contributed by atoms with Crippen molar-refractivity contribution in [1.29, 1.82) is 0 Å². The molecule has 0 amide bonds. The van der Waals surface area contributed by atoms with Crippen LogP contribution < -0.4 is 9.80 Å². The standard InChI is InChI=1S/C26H35BrN4O3/c1-7-22-24(30-12-10-20(11-13-30)16-34-26(32)33-9-3)28-19(6)29-25(22)31(8-2)23-17(4)14-21(27)15-18(23)5/h8,14-15,20H,2,7,9-13,16H2,1,3-6H3. The molecule has 1 aromatic heterocycles. The highest BCUT2D eigenvalue weighted by atomic mass is 79.9. The first kappa shape index (κ1) is 26.0. The third-order valence-electron chi connectivity index (χ3n) is 6.15. The molecule has 8 heteroatoms. The number of carbonyl (C=O) groups excluding carboxylic acids is 1. The Kier molecular flexibility index (Phi) is 8.94. The molecule has 0 radical (unpaired) electrons. The maximum Gasteiger partial charge on any atom is 0.508 e. The van der Waals surface area contributed by atoms with E-state index < -0.39 is 6.16 Å². The second-order valence-corrected chi connectivity index (χ2v) is 9.53. The van der Waals surface area contributed by atoms with E-state index >= 15 is 0 Å². The number of ether oxygens (including phenoxy) is 2. The van der Waals surface area contributed by atoms with Gasteiger partial charge in [0.2, 0.25) is 0 Å². The fourth-order valence-corrected chi connectivity index (χ4v) is 5.25. The molecule has 2 aromatic rings. The highest BCUT2D eigenvalue weighted by Gasteiger charge is 2.27. The zero-order chi connectivity index (χ0) is 24.8. The van der Waals surface area contributed by atoms with E-state index in [1.165, 1.54) is 0 Å². The molecular formula is C26H35BrN4O3. The number of piperidine rings is 1. The van der Waals surface area contributed by atoms with Gasteiger partial charge < -0.3 is 19.3 Å². The summed E-state index contributed by atoms with van der Waals surface area (Å²) >= 11 is 3.60. The number of hydrogen-bond acceptors (Lipinski definition) is 7. The zero-order valence-corrected chi connectivity index (χ0v) is 22.4. The van der Waals surface area contributed by atoms with Crippen molar-refractivity contribution in [3.8, 4) is 0 Å². The molecule has 2 heterocycles. The molecule has 7 nitrogen and oxygen atoms in total. The lowest BCUT2D eigenvalue weighted by atomic mass is 9.97. The van der Waals surface area contributed by atoms with Crippen LogP contribution >= 0.6 is 15.9 Å². The molecule has 0 aliphatic carbocycles. The molecule has 1 aliphatic rings. The molecule has 0 bridgehead atoms. The molecule has 34 heavy (non-hydrogen) atoms. The number of benzene rings is 1. The van der Waals surface area contributed by atoms with E-state index in [4.69, 9.17) is 19.4 Å². The fraction of sp³-hybridized carbons (Fsp3) is 0.500. The van der Waals surface area contributed by atoms with Crippen molar-refractivity contribution in [3.05, 3.63) is 51.9 Å². The Labute approximate surface area is 211 Å². The Balaban J connectivity index is 1.87. The Morgan fingerprint density at radius 1 is 1.18 bits per heavy atom. The SMILES string of the molecule is C=CN(c1nc(C)nc(N2CCC(COC(=O)OCC)CC2)c1CC)c1c(C)cc(Br)cc1C. The lowest BCUT2D eigenvalue weighted by Crippen LogP contribution is -2.37. The molecule has 1 fully saturated rings. The summed E-state index contributed by atoms with van der Waals surface area (Å²) in [4.78, 5) is 25.7. The normalized spacial score (nSPS) is 14.1. The van der Waals surface area contributed by atoms with Crippen LogP contribution in [0.3, 0.4) is 0 Å². The summed E-state index contributed by atoms with van der Waals surface area (Å²) in [5.41, 5.74) is 4.49. The van der Waals surface area contributed by atoms with E-state index in [2.05, 4.69) is 65.2 Å². The van der Waals surface area contributed by atoms with E-state index in [0.717, 1.165) is 76.7 Å². The second kappa shape index (κ2) is 11.7. The van der Waals surface area contributed by atoms with Gasteiger partial charge in [-0.15, -0.1) is 0 Å². The average molecular weight is 531 g/mol. The van der Waals surface area contributed by atoms with Crippen LogP contribution in [0.15, 0.2) is 29.4 Å². The number of halogens is 1. The van der Waals surface area contributed by atoms with Gasteiger partial charge in [-0.05, 0) is 76.1 Å². The number of nitrogens with zero attached hydrogens (tertiary/aromatic N) is 4.